The monoisotopic (exact) mass is 388 g/mol. The third kappa shape index (κ3) is 4.84. The van der Waals surface area contributed by atoms with Crippen molar-refractivity contribution in [1.82, 2.24) is 15.0 Å². The van der Waals surface area contributed by atoms with Crippen LogP contribution in [0, 0.1) is 0 Å². The Bertz CT molecular complexity index is 880. The van der Waals surface area contributed by atoms with Crippen LogP contribution < -0.4 is 5.73 Å². The number of halogens is 1. The van der Waals surface area contributed by atoms with Gasteiger partial charge in [0.2, 0.25) is 0 Å². The molecule has 6 nitrogen and oxygen atoms in total. The molecule has 2 N–H and O–H groups in total. The molecule has 0 bridgehead atoms. The zero-order chi connectivity index (χ0) is 18.5. The Labute approximate surface area is 165 Å². The summed E-state index contributed by atoms with van der Waals surface area (Å²) in [4.78, 5) is 19.0. The second-order valence-electron chi connectivity index (χ2n) is 6.62. The number of aromatic nitrogens is 2. The SMILES string of the molecule is CC(C)c1noc2ncc(C(=O)N(CCN)CCc3ccccc3)cc12.Cl. The molecule has 0 aliphatic rings. The fourth-order valence-electron chi connectivity index (χ4n) is 2.95. The van der Waals surface area contributed by atoms with Crippen molar-refractivity contribution in [3.8, 4) is 0 Å². The lowest BCUT2D eigenvalue weighted by Gasteiger charge is -2.22. The number of hydrogen-bond acceptors (Lipinski definition) is 5. The molecule has 0 saturated heterocycles. The van der Waals surface area contributed by atoms with Crippen LogP contribution >= 0.6 is 12.4 Å². The summed E-state index contributed by atoms with van der Waals surface area (Å²) in [5.74, 6) is 0.123. The van der Waals surface area contributed by atoms with Gasteiger partial charge in [-0.15, -0.1) is 12.4 Å². The fourth-order valence-corrected chi connectivity index (χ4v) is 2.95. The fraction of sp³-hybridized carbons (Fsp3) is 0.350. The number of hydrogen-bond donors (Lipinski definition) is 1. The maximum Gasteiger partial charge on any atom is 0.257 e. The van der Waals surface area contributed by atoms with E-state index < -0.39 is 0 Å². The van der Waals surface area contributed by atoms with E-state index in [-0.39, 0.29) is 24.2 Å². The molecule has 2 aromatic heterocycles. The van der Waals surface area contributed by atoms with Gasteiger partial charge in [-0.05, 0) is 24.0 Å². The average Bonchev–Trinajstić information content (AvgIpc) is 3.09. The normalized spacial score (nSPS) is 10.8. The molecular formula is C20H25ClN4O2. The number of carbonyl (C=O) groups is 1. The molecule has 1 amide bonds. The van der Waals surface area contributed by atoms with Crippen LogP contribution in [0.15, 0.2) is 47.1 Å². The Morgan fingerprint density at radius 2 is 1.96 bits per heavy atom. The van der Waals surface area contributed by atoms with E-state index in [1.807, 2.05) is 38.1 Å². The van der Waals surface area contributed by atoms with Crippen LogP contribution in [-0.2, 0) is 6.42 Å². The summed E-state index contributed by atoms with van der Waals surface area (Å²) in [6, 6.07) is 11.9. The van der Waals surface area contributed by atoms with Crippen molar-refractivity contribution in [3.63, 3.8) is 0 Å². The zero-order valence-electron chi connectivity index (χ0n) is 15.6. The number of nitrogens with two attached hydrogens (primary N) is 1. The Morgan fingerprint density at radius 3 is 2.63 bits per heavy atom. The molecule has 3 aromatic rings. The molecule has 7 heteroatoms. The van der Waals surface area contributed by atoms with Crippen molar-refractivity contribution >= 4 is 29.4 Å². The highest BCUT2D eigenvalue weighted by Gasteiger charge is 2.19. The van der Waals surface area contributed by atoms with Gasteiger partial charge in [0.1, 0.15) is 0 Å². The Kier molecular flexibility index (Phi) is 7.33. The Hall–Kier alpha value is -2.44. The van der Waals surface area contributed by atoms with E-state index in [0.29, 0.717) is 30.9 Å². The summed E-state index contributed by atoms with van der Waals surface area (Å²) in [5.41, 5.74) is 8.72. The van der Waals surface area contributed by atoms with Gasteiger partial charge < -0.3 is 15.2 Å². The van der Waals surface area contributed by atoms with Gasteiger partial charge in [-0.2, -0.15) is 0 Å². The van der Waals surface area contributed by atoms with Gasteiger partial charge in [-0.1, -0.05) is 49.3 Å². The number of benzene rings is 1. The smallest absolute Gasteiger partial charge is 0.257 e. The minimum atomic E-state index is -0.0725. The molecule has 0 aliphatic heterocycles. The second kappa shape index (κ2) is 9.48. The second-order valence-corrected chi connectivity index (χ2v) is 6.62. The molecule has 0 radical (unpaired) electrons. The van der Waals surface area contributed by atoms with E-state index in [4.69, 9.17) is 10.3 Å². The number of nitrogens with zero attached hydrogens (tertiary/aromatic N) is 3. The Morgan fingerprint density at radius 1 is 1.22 bits per heavy atom. The molecule has 0 aliphatic carbocycles. The first-order valence-corrected chi connectivity index (χ1v) is 8.88. The Balaban J connectivity index is 0.00000261. The molecule has 3 rings (SSSR count). The first-order valence-electron chi connectivity index (χ1n) is 8.88. The first kappa shape index (κ1) is 20.9. The molecule has 0 spiro atoms. The van der Waals surface area contributed by atoms with Crippen LogP contribution in [-0.4, -0.2) is 40.6 Å². The number of rotatable bonds is 7. The molecule has 0 atom stereocenters. The van der Waals surface area contributed by atoms with E-state index >= 15 is 0 Å². The quantitative estimate of drug-likeness (QED) is 0.670. The molecule has 1 aromatic carbocycles. The van der Waals surface area contributed by atoms with Crippen LogP contribution in [0.3, 0.4) is 0 Å². The predicted octanol–water partition coefficient (Wildman–Crippen LogP) is 3.41. The lowest BCUT2D eigenvalue weighted by atomic mass is 10.1. The van der Waals surface area contributed by atoms with Gasteiger partial charge in [-0.3, -0.25) is 4.79 Å². The van der Waals surface area contributed by atoms with Gasteiger partial charge in [0.05, 0.1) is 16.6 Å². The van der Waals surface area contributed by atoms with E-state index in [1.54, 1.807) is 11.1 Å². The van der Waals surface area contributed by atoms with Crippen molar-refractivity contribution in [3.05, 3.63) is 59.4 Å². The average molecular weight is 389 g/mol. The summed E-state index contributed by atoms with van der Waals surface area (Å²) in [7, 11) is 0. The highest BCUT2D eigenvalue weighted by Crippen LogP contribution is 2.24. The number of amides is 1. The van der Waals surface area contributed by atoms with Crippen LogP contribution in [0.2, 0.25) is 0 Å². The van der Waals surface area contributed by atoms with Crippen molar-refractivity contribution in [2.45, 2.75) is 26.2 Å². The lowest BCUT2D eigenvalue weighted by molar-refractivity contribution is 0.0762. The predicted molar refractivity (Wildman–Crippen MR) is 108 cm³/mol. The summed E-state index contributed by atoms with van der Waals surface area (Å²) in [5, 5.41) is 4.86. The van der Waals surface area contributed by atoms with Crippen LogP contribution in [0.5, 0.6) is 0 Å². The highest BCUT2D eigenvalue weighted by atomic mass is 35.5. The van der Waals surface area contributed by atoms with Crippen molar-refractivity contribution in [2.24, 2.45) is 5.73 Å². The van der Waals surface area contributed by atoms with Crippen molar-refractivity contribution in [2.75, 3.05) is 19.6 Å². The number of fused-ring (bicyclic) bond motifs is 1. The van der Waals surface area contributed by atoms with Gasteiger partial charge in [-0.25, -0.2) is 4.98 Å². The van der Waals surface area contributed by atoms with E-state index in [9.17, 15) is 4.79 Å². The lowest BCUT2D eigenvalue weighted by Crippen LogP contribution is -2.37. The zero-order valence-corrected chi connectivity index (χ0v) is 16.4. The van der Waals surface area contributed by atoms with E-state index in [2.05, 4.69) is 22.3 Å². The van der Waals surface area contributed by atoms with Crippen LogP contribution in [0.4, 0.5) is 0 Å². The summed E-state index contributed by atoms with van der Waals surface area (Å²) in [6.45, 7) is 5.60. The molecule has 2 heterocycles. The molecular weight excluding hydrogens is 364 g/mol. The third-order valence-corrected chi connectivity index (χ3v) is 4.35. The van der Waals surface area contributed by atoms with Crippen LogP contribution in [0.1, 0.15) is 41.4 Å². The van der Waals surface area contributed by atoms with Gasteiger partial charge >= 0.3 is 0 Å². The van der Waals surface area contributed by atoms with Gasteiger partial charge in [0.25, 0.3) is 11.6 Å². The first-order chi connectivity index (χ1) is 12.6. The molecule has 27 heavy (non-hydrogen) atoms. The summed E-state index contributed by atoms with van der Waals surface area (Å²) < 4.78 is 5.25. The molecule has 0 saturated carbocycles. The highest BCUT2D eigenvalue weighted by molar-refractivity contribution is 5.97. The van der Waals surface area contributed by atoms with E-state index in [1.165, 1.54) is 5.56 Å². The summed E-state index contributed by atoms with van der Waals surface area (Å²) >= 11 is 0. The van der Waals surface area contributed by atoms with Crippen molar-refractivity contribution in [1.29, 1.82) is 0 Å². The molecule has 0 unspecified atom stereocenters. The van der Waals surface area contributed by atoms with Crippen LogP contribution in [0.25, 0.3) is 11.1 Å². The molecule has 144 valence electrons. The summed E-state index contributed by atoms with van der Waals surface area (Å²) in [6.07, 6.45) is 2.33. The van der Waals surface area contributed by atoms with Gasteiger partial charge in [0, 0.05) is 25.8 Å². The molecule has 0 fully saturated rings. The largest absolute Gasteiger partial charge is 0.337 e. The number of carbonyl (C=O) groups excluding carboxylic acids is 1. The van der Waals surface area contributed by atoms with E-state index in [0.717, 1.165) is 17.5 Å². The van der Waals surface area contributed by atoms with Crippen molar-refractivity contribution < 1.29 is 9.32 Å². The number of pyridine rings is 1. The topological polar surface area (TPSA) is 85.2 Å². The van der Waals surface area contributed by atoms with Gasteiger partial charge in [0.15, 0.2) is 0 Å². The maximum atomic E-state index is 13.0. The minimum absolute atomic E-state index is 0. The maximum absolute atomic E-state index is 13.0. The standard InChI is InChI=1S/C20H24N4O2.ClH/c1-14(2)18-17-12-16(13-22-19(17)26-23-18)20(25)24(11-9-21)10-8-15-6-4-3-5-7-15;/h3-7,12-14H,8-11,21H2,1-2H3;1H. The third-order valence-electron chi connectivity index (χ3n) is 4.35. The minimum Gasteiger partial charge on any atom is -0.337 e.